The summed E-state index contributed by atoms with van der Waals surface area (Å²) in [4.78, 5) is 13.9. The molecule has 0 saturated carbocycles. The molecule has 2 aromatic carbocycles. The van der Waals surface area contributed by atoms with Gasteiger partial charge in [0.05, 0.1) is 0 Å². The SMILES string of the molecule is CN(C)c1ccc(N/C=C/C(=O)c2ccc(Cl)cc2)cc1. The summed E-state index contributed by atoms with van der Waals surface area (Å²) in [6.45, 7) is 0. The number of ketones is 1. The predicted molar refractivity (Wildman–Crippen MR) is 89.3 cm³/mol. The normalized spacial score (nSPS) is 10.6. The Morgan fingerprint density at radius 3 is 2.24 bits per heavy atom. The van der Waals surface area contributed by atoms with Crippen LogP contribution < -0.4 is 10.2 Å². The largest absolute Gasteiger partial charge is 0.378 e. The molecule has 4 heteroatoms. The average Bonchev–Trinajstić information content (AvgIpc) is 2.48. The van der Waals surface area contributed by atoms with Gasteiger partial charge < -0.3 is 10.2 Å². The molecule has 0 aliphatic carbocycles. The predicted octanol–water partition coefficient (Wildman–Crippen LogP) is 4.21. The van der Waals surface area contributed by atoms with Crippen molar-refractivity contribution in [1.29, 1.82) is 0 Å². The molecule has 0 aliphatic heterocycles. The molecule has 0 fully saturated rings. The summed E-state index contributed by atoms with van der Waals surface area (Å²) in [5.41, 5.74) is 2.67. The minimum Gasteiger partial charge on any atom is -0.378 e. The van der Waals surface area contributed by atoms with E-state index in [1.54, 1.807) is 30.5 Å². The molecule has 2 rings (SSSR count). The van der Waals surface area contributed by atoms with Gasteiger partial charge in [-0.25, -0.2) is 0 Å². The maximum absolute atomic E-state index is 11.9. The van der Waals surface area contributed by atoms with Gasteiger partial charge in [0.15, 0.2) is 5.78 Å². The highest BCUT2D eigenvalue weighted by Crippen LogP contribution is 2.15. The fourth-order valence-corrected chi connectivity index (χ4v) is 1.91. The molecule has 0 aliphatic rings. The van der Waals surface area contributed by atoms with Crippen LogP contribution in [0.15, 0.2) is 60.8 Å². The smallest absolute Gasteiger partial charge is 0.187 e. The van der Waals surface area contributed by atoms with Crippen LogP contribution in [0.4, 0.5) is 11.4 Å². The summed E-state index contributed by atoms with van der Waals surface area (Å²) in [5.74, 6) is -0.0657. The van der Waals surface area contributed by atoms with Crippen LogP contribution in [-0.4, -0.2) is 19.9 Å². The molecule has 0 spiro atoms. The number of nitrogens with one attached hydrogen (secondary N) is 1. The highest BCUT2D eigenvalue weighted by molar-refractivity contribution is 6.30. The third-order valence-electron chi connectivity index (χ3n) is 3.00. The van der Waals surface area contributed by atoms with Crippen LogP contribution in [0, 0.1) is 0 Å². The number of allylic oxidation sites excluding steroid dienone is 1. The zero-order valence-electron chi connectivity index (χ0n) is 12.0. The number of carbonyl (C=O) groups excluding carboxylic acids is 1. The van der Waals surface area contributed by atoms with Gasteiger partial charge >= 0.3 is 0 Å². The lowest BCUT2D eigenvalue weighted by Gasteiger charge is -2.12. The maximum atomic E-state index is 11.9. The van der Waals surface area contributed by atoms with Crippen molar-refractivity contribution in [3.8, 4) is 0 Å². The molecule has 0 atom stereocenters. The molecule has 2 aromatic rings. The molecule has 108 valence electrons. The van der Waals surface area contributed by atoms with Crippen LogP contribution in [0.5, 0.6) is 0 Å². The summed E-state index contributed by atoms with van der Waals surface area (Å²) in [7, 11) is 3.99. The van der Waals surface area contributed by atoms with Crippen molar-refractivity contribution in [3.05, 3.63) is 71.4 Å². The van der Waals surface area contributed by atoms with Crippen molar-refractivity contribution >= 4 is 28.8 Å². The maximum Gasteiger partial charge on any atom is 0.187 e. The molecule has 0 unspecified atom stereocenters. The van der Waals surface area contributed by atoms with E-state index in [9.17, 15) is 4.79 Å². The molecular formula is C17H17ClN2O. The number of carbonyl (C=O) groups is 1. The van der Waals surface area contributed by atoms with Crippen LogP contribution in [0.25, 0.3) is 0 Å². The highest BCUT2D eigenvalue weighted by atomic mass is 35.5. The second-order valence-electron chi connectivity index (χ2n) is 4.79. The Labute approximate surface area is 129 Å². The van der Waals surface area contributed by atoms with Crippen LogP contribution in [0.2, 0.25) is 5.02 Å². The van der Waals surface area contributed by atoms with Gasteiger partial charge in [0.1, 0.15) is 0 Å². The zero-order valence-corrected chi connectivity index (χ0v) is 12.8. The fraction of sp³-hybridized carbons (Fsp3) is 0.118. The van der Waals surface area contributed by atoms with Gasteiger partial charge in [0, 0.05) is 48.3 Å². The first-order valence-corrected chi connectivity index (χ1v) is 6.94. The Balaban J connectivity index is 1.95. The fourth-order valence-electron chi connectivity index (χ4n) is 1.78. The van der Waals surface area contributed by atoms with Crippen molar-refractivity contribution < 1.29 is 4.79 Å². The van der Waals surface area contributed by atoms with Gasteiger partial charge in [-0.15, -0.1) is 0 Å². The molecule has 0 bridgehead atoms. The number of rotatable bonds is 5. The molecule has 0 radical (unpaired) electrons. The van der Waals surface area contributed by atoms with E-state index in [0.717, 1.165) is 11.4 Å². The van der Waals surface area contributed by atoms with Gasteiger partial charge in [-0.2, -0.15) is 0 Å². The number of halogens is 1. The minimum absolute atomic E-state index is 0.0657. The molecule has 3 nitrogen and oxygen atoms in total. The third-order valence-corrected chi connectivity index (χ3v) is 3.25. The number of hydrogen-bond acceptors (Lipinski definition) is 3. The Morgan fingerprint density at radius 1 is 1.05 bits per heavy atom. The average molecular weight is 301 g/mol. The summed E-state index contributed by atoms with van der Waals surface area (Å²) >= 11 is 5.79. The van der Waals surface area contributed by atoms with Gasteiger partial charge in [0.25, 0.3) is 0 Å². The molecule has 0 amide bonds. The summed E-state index contributed by atoms with van der Waals surface area (Å²) in [5, 5.41) is 3.70. The van der Waals surface area contributed by atoms with Gasteiger partial charge in [0.2, 0.25) is 0 Å². The van der Waals surface area contributed by atoms with Crippen molar-refractivity contribution in [2.24, 2.45) is 0 Å². The molecule has 21 heavy (non-hydrogen) atoms. The highest BCUT2D eigenvalue weighted by Gasteiger charge is 2.00. The molecule has 0 aromatic heterocycles. The van der Waals surface area contributed by atoms with E-state index in [-0.39, 0.29) is 5.78 Å². The molecule has 0 saturated heterocycles. The van der Waals surface area contributed by atoms with Gasteiger partial charge in [-0.1, -0.05) is 11.6 Å². The van der Waals surface area contributed by atoms with E-state index in [4.69, 9.17) is 11.6 Å². The molecular weight excluding hydrogens is 284 g/mol. The Bertz CT molecular complexity index is 631. The first-order valence-electron chi connectivity index (χ1n) is 6.56. The monoisotopic (exact) mass is 300 g/mol. The van der Waals surface area contributed by atoms with Crippen molar-refractivity contribution in [2.45, 2.75) is 0 Å². The van der Waals surface area contributed by atoms with E-state index in [0.29, 0.717) is 10.6 Å². The van der Waals surface area contributed by atoms with E-state index < -0.39 is 0 Å². The number of benzene rings is 2. The van der Waals surface area contributed by atoms with Crippen LogP contribution in [0.3, 0.4) is 0 Å². The third kappa shape index (κ3) is 4.36. The lowest BCUT2D eigenvalue weighted by molar-refractivity contribution is 0.104. The zero-order chi connectivity index (χ0) is 15.2. The van der Waals surface area contributed by atoms with Crippen LogP contribution in [0.1, 0.15) is 10.4 Å². The van der Waals surface area contributed by atoms with Gasteiger partial charge in [-0.05, 0) is 48.5 Å². The van der Waals surface area contributed by atoms with E-state index in [1.165, 1.54) is 6.08 Å². The van der Waals surface area contributed by atoms with Crippen molar-refractivity contribution in [3.63, 3.8) is 0 Å². The summed E-state index contributed by atoms with van der Waals surface area (Å²) in [6.07, 6.45) is 3.14. The van der Waals surface area contributed by atoms with E-state index in [2.05, 4.69) is 5.32 Å². The Morgan fingerprint density at radius 2 is 1.67 bits per heavy atom. The number of hydrogen-bond donors (Lipinski definition) is 1. The first-order chi connectivity index (χ1) is 10.1. The lowest BCUT2D eigenvalue weighted by atomic mass is 10.1. The topological polar surface area (TPSA) is 32.3 Å². The summed E-state index contributed by atoms with van der Waals surface area (Å²) in [6, 6.07) is 14.8. The Hall–Kier alpha value is -2.26. The quantitative estimate of drug-likeness (QED) is 0.663. The molecule has 1 N–H and O–H groups in total. The summed E-state index contributed by atoms with van der Waals surface area (Å²) < 4.78 is 0. The molecule has 0 heterocycles. The second kappa shape index (κ2) is 6.95. The van der Waals surface area contributed by atoms with E-state index >= 15 is 0 Å². The minimum atomic E-state index is -0.0657. The standard InChI is InChI=1S/C17H17ClN2O/c1-20(2)16-9-7-15(8-10-16)19-12-11-17(21)13-3-5-14(18)6-4-13/h3-12,19H,1-2H3/b12-11+. The Kier molecular flexibility index (Phi) is 5.01. The number of nitrogens with zero attached hydrogens (tertiary/aromatic N) is 1. The van der Waals surface area contributed by atoms with Crippen molar-refractivity contribution in [1.82, 2.24) is 0 Å². The van der Waals surface area contributed by atoms with Crippen LogP contribution >= 0.6 is 11.6 Å². The van der Waals surface area contributed by atoms with E-state index in [1.807, 2.05) is 43.3 Å². The lowest BCUT2D eigenvalue weighted by Crippen LogP contribution is -2.08. The van der Waals surface area contributed by atoms with Gasteiger partial charge in [-0.3, -0.25) is 4.79 Å². The second-order valence-corrected chi connectivity index (χ2v) is 5.23. The van der Waals surface area contributed by atoms with Crippen LogP contribution in [-0.2, 0) is 0 Å². The first kappa shape index (κ1) is 15.1. The van der Waals surface area contributed by atoms with Crippen molar-refractivity contribution in [2.75, 3.05) is 24.3 Å². The number of anilines is 2.